The van der Waals surface area contributed by atoms with Crippen molar-refractivity contribution in [3.05, 3.63) is 65.2 Å². The van der Waals surface area contributed by atoms with E-state index in [1.54, 1.807) is 38.3 Å². The van der Waals surface area contributed by atoms with E-state index in [1.165, 1.54) is 5.56 Å². The number of hydrogen-bond acceptors (Lipinski definition) is 4. The molecule has 0 spiro atoms. The molecule has 1 heterocycles. The van der Waals surface area contributed by atoms with Crippen LogP contribution < -0.4 is 10.1 Å². The molecular weight excluding hydrogens is 356 g/mol. The lowest BCUT2D eigenvalue weighted by molar-refractivity contribution is -0.130. The molecule has 0 aliphatic carbocycles. The van der Waals surface area contributed by atoms with Gasteiger partial charge in [-0.05, 0) is 48.7 Å². The molecule has 1 N–H and O–H groups in total. The topological polar surface area (TPSA) is 75.7 Å². The number of urea groups is 1. The number of carbonyl (C=O) groups excluding carboxylic acids is 3. The minimum Gasteiger partial charge on any atom is -0.497 e. The molecule has 6 nitrogen and oxygen atoms in total. The number of ether oxygens (including phenoxy) is 1. The van der Waals surface area contributed by atoms with Gasteiger partial charge in [0.15, 0.2) is 5.78 Å². The Morgan fingerprint density at radius 1 is 1.07 bits per heavy atom. The van der Waals surface area contributed by atoms with E-state index in [4.69, 9.17) is 4.74 Å². The molecule has 6 heteroatoms. The fourth-order valence-electron chi connectivity index (χ4n) is 3.34. The zero-order valence-corrected chi connectivity index (χ0v) is 16.3. The fourth-order valence-corrected chi connectivity index (χ4v) is 3.34. The third-order valence-electron chi connectivity index (χ3n) is 5.06. The number of ketones is 1. The Kier molecular flexibility index (Phi) is 5.49. The quantitative estimate of drug-likeness (QED) is 0.591. The van der Waals surface area contributed by atoms with E-state index in [2.05, 4.69) is 12.2 Å². The number of hydrogen-bond donors (Lipinski definition) is 1. The average molecular weight is 380 g/mol. The number of rotatable bonds is 7. The Hall–Kier alpha value is -3.15. The number of nitrogens with zero attached hydrogens (tertiary/aromatic N) is 1. The molecule has 1 fully saturated rings. The Morgan fingerprint density at radius 2 is 1.71 bits per heavy atom. The minimum absolute atomic E-state index is 0.305. The van der Waals surface area contributed by atoms with E-state index in [1.807, 2.05) is 24.3 Å². The van der Waals surface area contributed by atoms with Crippen LogP contribution in [0.3, 0.4) is 0 Å². The van der Waals surface area contributed by atoms with Gasteiger partial charge in [0.25, 0.3) is 5.91 Å². The summed E-state index contributed by atoms with van der Waals surface area (Å²) < 4.78 is 5.08. The van der Waals surface area contributed by atoms with E-state index in [9.17, 15) is 14.4 Å². The van der Waals surface area contributed by atoms with Gasteiger partial charge in [0.1, 0.15) is 11.3 Å². The molecule has 0 unspecified atom stereocenters. The summed E-state index contributed by atoms with van der Waals surface area (Å²) in [6.45, 7) is 3.47. The first-order valence-corrected chi connectivity index (χ1v) is 9.30. The fraction of sp³-hybridized carbons (Fsp3) is 0.318. The van der Waals surface area contributed by atoms with Crippen LogP contribution in [0.25, 0.3) is 0 Å². The number of Topliss-reactive ketones (excluding diaryl/α,β-unsaturated/α-hetero) is 1. The Morgan fingerprint density at radius 3 is 2.29 bits per heavy atom. The summed E-state index contributed by atoms with van der Waals surface area (Å²) in [5, 5.41) is 2.74. The second-order valence-electron chi connectivity index (χ2n) is 7.05. The van der Waals surface area contributed by atoms with Crippen molar-refractivity contribution in [3.8, 4) is 5.75 Å². The van der Waals surface area contributed by atoms with E-state index in [0.29, 0.717) is 16.9 Å². The number of benzene rings is 2. The molecular formula is C22H24N2O4. The van der Waals surface area contributed by atoms with Gasteiger partial charge in [-0.15, -0.1) is 0 Å². The molecule has 28 heavy (non-hydrogen) atoms. The number of methoxy groups -OCH3 is 1. The van der Waals surface area contributed by atoms with Gasteiger partial charge < -0.3 is 10.1 Å². The molecule has 2 aromatic rings. The summed E-state index contributed by atoms with van der Waals surface area (Å²) >= 11 is 0. The van der Waals surface area contributed by atoms with Gasteiger partial charge in [-0.25, -0.2) is 4.79 Å². The molecule has 1 saturated heterocycles. The smallest absolute Gasteiger partial charge is 0.325 e. The summed E-state index contributed by atoms with van der Waals surface area (Å²) in [5.74, 6) is -0.109. The monoisotopic (exact) mass is 380 g/mol. The van der Waals surface area contributed by atoms with E-state index < -0.39 is 17.5 Å². The molecule has 0 saturated carbocycles. The van der Waals surface area contributed by atoms with Gasteiger partial charge in [-0.1, -0.05) is 37.6 Å². The number of aryl methyl sites for hydroxylation is 1. The normalized spacial score (nSPS) is 18.9. The van der Waals surface area contributed by atoms with Crippen molar-refractivity contribution in [3.63, 3.8) is 0 Å². The van der Waals surface area contributed by atoms with Crippen molar-refractivity contribution in [2.24, 2.45) is 0 Å². The maximum Gasteiger partial charge on any atom is 0.325 e. The molecule has 0 aromatic heterocycles. The predicted octanol–water partition coefficient (Wildman–Crippen LogP) is 3.30. The number of amides is 3. The number of nitrogens with one attached hydrogen (secondary N) is 1. The Bertz CT molecular complexity index is 890. The van der Waals surface area contributed by atoms with E-state index in [0.717, 1.165) is 17.7 Å². The minimum atomic E-state index is -1.18. The van der Waals surface area contributed by atoms with Gasteiger partial charge in [-0.3, -0.25) is 14.5 Å². The van der Waals surface area contributed by atoms with Crippen molar-refractivity contribution >= 4 is 17.7 Å². The highest BCUT2D eigenvalue weighted by atomic mass is 16.5. The van der Waals surface area contributed by atoms with Gasteiger partial charge >= 0.3 is 6.03 Å². The van der Waals surface area contributed by atoms with Crippen molar-refractivity contribution in [2.75, 3.05) is 13.7 Å². The van der Waals surface area contributed by atoms with Gasteiger partial charge in [0, 0.05) is 5.56 Å². The highest BCUT2D eigenvalue weighted by molar-refractivity contribution is 6.11. The summed E-state index contributed by atoms with van der Waals surface area (Å²) in [4.78, 5) is 38.9. The molecule has 2 aromatic carbocycles. The van der Waals surface area contributed by atoms with Crippen molar-refractivity contribution in [1.29, 1.82) is 0 Å². The van der Waals surface area contributed by atoms with Crippen LogP contribution >= 0.6 is 0 Å². The first-order chi connectivity index (χ1) is 13.4. The van der Waals surface area contributed by atoms with Crippen molar-refractivity contribution < 1.29 is 19.1 Å². The Labute approximate surface area is 164 Å². The summed E-state index contributed by atoms with van der Waals surface area (Å²) in [6.07, 6.45) is 1.99. The zero-order valence-electron chi connectivity index (χ0n) is 16.3. The predicted molar refractivity (Wildman–Crippen MR) is 105 cm³/mol. The first-order valence-electron chi connectivity index (χ1n) is 9.30. The standard InChI is InChI=1S/C22H24N2O4/c1-4-5-15-6-10-17(11-7-15)22(2)20(26)24(21(27)23-22)14-19(25)16-8-12-18(28-3)13-9-16/h6-13H,4-5,14H2,1-3H3,(H,23,27)/t22-/m0/s1. The SMILES string of the molecule is CCCc1ccc([C@]2(C)NC(=O)N(CC(=O)c3ccc(OC)cc3)C2=O)cc1. The first kappa shape index (κ1) is 19.6. The zero-order chi connectivity index (χ0) is 20.3. The van der Waals surface area contributed by atoms with Gasteiger partial charge in [0.2, 0.25) is 0 Å². The molecule has 146 valence electrons. The maximum atomic E-state index is 13.0. The van der Waals surface area contributed by atoms with Crippen LogP contribution in [-0.4, -0.2) is 36.3 Å². The average Bonchev–Trinajstić information content (AvgIpc) is 2.92. The van der Waals surface area contributed by atoms with Crippen LogP contribution in [0, 0.1) is 0 Å². The van der Waals surface area contributed by atoms with Gasteiger partial charge in [-0.2, -0.15) is 0 Å². The van der Waals surface area contributed by atoms with Crippen molar-refractivity contribution in [1.82, 2.24) is 10.2 Å². The van der Waals surface area contributed by atoms with Crippen LogP contribution in [-0.2, 0) is 16.8 Å². The highest BCUT2D eigenvalue weighted by Crippen LogP contribution is 2.29. The van der Waals surface area contributed by atoms with Crippen molar-refractivity contribution in [2.45, 2.75) is 32.2 Å². The summed E-state index contributed by atoms with van der Waals surface area (Å²) in [6, 6.07) is 13.7. The maximum absolute atomic E-state index is 13.0. The van der Waals surface area contributed by atoms with Crippen LogP contribution in [0.1, 0.15) is 41.8 Å². The molecule has 0 bridgehead atoms. The Balaban J connectivity index is 1.77. The van der Waals surface area contributed by atoms with E-state index in [-0.39, 0.29) is 12.3 Å². The molecule has 1 aliphatic rings. The second kappa shape index (κ2) is 7.84. The number of carbonyl (C=O) groups is 3. The van der Waals surface area contributed by atoms with Crippen LogP contribution in [0.5, 0.6) is 5.75 Å². The number of imide groups is 1. The summed E-state index contributed by atoms with van der Waals surface area (Å²) in [5.41, 5.74) is 1.12. The van der Waals surface area contributed by atoms with Crippen LogP contribution in [0.4, 0.5) is 4.79 Å². The lowest BCUT2D eigenvalue weighted by Crippen LogP contribution is -2.41. The molecule has 1 aliphatic heterocycles. The molecule has 0 radical (unpaired) electrons. The lowest BCUT2D eigenvalue weighted by atomic mass is 9.91. The molecule has 1 atom stereocenters. The van der Waals surface area contributed by atoms with E-state index >= 15 is 0 Å². The molecule has 3 amide bonds. The third-order valence-corrected chi connectivity index (χ3v) is 5.06. The third kappa shape index (κ3) is 3.63. The second-order valence-corrected chi connectivity index (χ2v) is 7.05. The highest BCUT2D eigenvalue weighted by Gasteiger charge is 2.49. The lowest BCUT2D eigenvalue weighted by Gasteiger charge is -2.22. The van der Waals surface area contributed by atoms with Gasteiger partial charge in [0.05, 0.1) is 13.7 Å². The molecule has 3 rings (SSSR count). The van der Waals surface area contributed by atoms with Crippen LogP contribution in [0.15, 0.2) is 48.5 Å². The largest absolute Gasteiger partial charge is 0.497 e. The van der Waals surface area contributed by atoms with Crippen LogP contribution in [0.2, 0.25) is 0 Å². The summed E-state index contributed by atoms with van der Waals surface area (Å²) in [7, 11) is 1.54.